The smallest absolute Gasteiger partial charge is 0.269 e. The maximum Gasteiger partial charge on any atom is 0.269 e. The fourth-order valence-corrected chi connectivity index (χ4v) is 2.58. The van der Waals surface area contributed by atoms with Crippen molar-refractivity contribution in [3.63, 3.8) is 0 Å². The van der Waals surface area contributed by atoms with E-state index in [1.807, 2.05) is 6.26 Å². The van der Waals surface area contributed by atoms with E-state index in [2.05, 4.69) is 4.98 Å². The Morgan fingerprint density at radius 3 is 2.82 bits per heavy atom. The minimum absolute atomic E-state index is 0.0181. The van der Waals surface area contributed by atoms with Gasteiger partial charge in [0.1, 0.15) is 5.03 Å². The van der Waals surface area contributed by atoms with Gasteiger partial charge in [0.2, 0.25) is 0 Å². The number of benzene rings is 1. The van der Waals surface area contributed by atoms with Crippen LogP contribution in [0.15, 0.2) is 47.6 Å². The van der Waals surface area contributed by atoms with Gasteiger partial charge >= 0.3 is 0 Å². The molecule has 1 aromatic heterocycles. The van der Waals surface area contributed by atoms with Gasteiger partial charge in [0, 0.05) is 31.9 Å². The number of pyridine rings is 1. The summed E-state index contributed by atoms with van der Waals surface area (Å²) in [5, 5.41) is 11.5. The molecular formula is C15H15N3O3S. The number of rotatable bonds is 5. The first-order valence-corrected chi connectivity index (χ1v) is 7.73. The average Bonchev–Trinajstić information content (AvgIpc) is 2.54. The second-order valence-corrected chi connectivity index (χ2v) is 5.44. The van der Waals surface area contributed by atoms with E-state index in [1.165, 1.54) is 28.8 Å². The number of nitro benzene ring substituents is 1. The molecule has 0 aliphatic carbocycles. The van der Waals surface area contributed by atoms with Crippen LogP contribution in [0.4, 0.5) is 5.69 Å². The maximum atomic E-state index is 12.5. The molecule has 0 fully saturated rings. The molecule has 0 spiro atoms. The van der Waals surface area contributed by atoms with Crippen molar-refractivity contribution in [2.45, 2.75) is 11.6 Å². The van der Waals surface area contributed by atoms with Crippen LogP contribution in [0.3, 0.4) is 0 Å². The normalized spacial score (nSPS) is 10.3. The minimum atomic E-state index is -0.446. The number of hydrogen-bond donors (Lipinski definition) is 0. The van der Waals surface area contributed by atoms with Gasteiger partial charge in [-0.25, -0.2) is 4.98 Å². The third kappa shape index (κ3) is 3.62. The summed E-state index contributed by atoms with van der Waals surface area (Å²) in [4.78, 5) is 28.5. The highest BCUT2D eigenvalue weighted by Gasteiger charge is 2.17. The topological polar surface area (TPSA) is 76.3 Å². The van der Waals surface area contributed by atoms with Crippen molar-refractivity contribution in [3.8, 4) is 0 Å². The van der Waals surface area contributed by atoms with E-state index < -0.39 is 4.92 Å². The molecule has 7 heteroatoms. The number of aromatic nitrogens is 1. The number of carbonyl (C=O) groups excluding carboxylic acids is 1. The van der Waals surface area contributed by atoms with E-state index >= 15 is 0 Å². The summed E-state index contributed by atoms with van der Waals surface area (Å²) in [5.74, 6) is -0.163. The van der Waals surface area contributed by atoms with E-state index in [0.29, 0.717) is 22.7 Å². The van der Waals surface area contributed by atoms with E-state index in [-0.39, 0.29) is 11.6 Å². The number of nitrogens with zero attached hydrogens (tertiary/aromatic N) is 3. The SMILES string of the molecule is CSc1ncccc1C(=O)N(C)Cc1cccc([N+](=O)[O-])c1. The Morgan fingerprint density at radius 2 is 2.14 bits per heavy atom. The summed E-state index contributed by atoms with van der Waals surface area (Å²) >= 11 is 1.41. The van der Waals surface area contributed by atoms with Gasteiger partial charge in [-0.05, 0) is 24.0 Å². The summed E-state index contributed by atoms with van der Waals surface area (Å²) in [7, 11) is 1.66. The van der Waals surface area contributed by atoms with Crippen molar-refractivity contribution in [1.82, 2.24) is 9.88 Å². The summed E-state index contributed by atoms with van der Waals surface area (Å²) in [6, 6.07) is 9.72. The molecule has 0 saturated heterocycles. The van der Waals surface area contributed by atoms with Gasteiger partial charge < -0.3 is 4.90 Å². The number of hydrogen-bond acceptors (Lipinski definition) is 5. The summed E-state index contributed by atoms with van der Waals surface area (Å²) in [6.07, 6.45) is 3.50. The number of thioether (sulfide) groups is 1. The van der Waals surface area contributed by atoms with Crippen LogP contribution in [0.2, 0.25) is 0 Å². The van der Waals surface area contributed by atoms with Crippen molar-refractivity contribution in [3.05, 3.63) is 63.8 Å². The van der Waals surface area contributed by atoms with Crippen LogP contribution in [0.25, 0.3) is 0 Å². The first-order chi connectivity index (χ1) is 10.5. The van der Waals surface area contributed by atoms with Gasteiger partial charge in [-0.2, -0.15) is 0 Å². The average molecular weight is 317 g/mol. The van der Waals surface area contributed by atoms with Crippen molar-refractivity contribution in [2.75, 3.05) is 13.3 Å². The monoisotopic (exact) mass is 317 g/mol. The Kier molecular flexibility index (Phi) is 5.11. The number of carbonyl (C=O) groups is 1. The molecule has 0 aliphatic heterocycles. The van der Waals surface area contributed by atoms with Crippen LogP contribution in [0, 0.1) is 10.1 Å². The van der Waals surface area contributed by atoms with Crippen LogP contribution < -0.4 is 0 Å². The fraction of sp³-hybridized carbons (Fsp3) is 0.200. The molecule has 1 amide bonds. The molecule has 114 valence electrons. The number of nitro groups is 1. The zero-order valence-corrected chi connectivity index (χ0v) is 13.0. The lowest BCUT2D eigenvalue weighted by Gasteiger charge is -2.18. The molecule has 0 atom stereocenters. The maximum absolute atomic E-state index is 12.5. The lowest BCUT2D eigenvalue weighted by Crippen LogP contribution is -2.26. The third-order valence-corrected chi connectivity index (χ3v) is 3.79. The van der Waals surface area contributed by atoms with Crippen LogP contribution in [-0.2, 0) is 6.54 Å². The largest absolute Gasteiger partial charge is 0.337 e. The van der Waals surface area contributed by atoms with Crippen LogP contribution in [-0.4, -0.2) is 34.0 Å². The highest BCUT2D eigenvalue weighted by atomic mass is 32.2. The van der Waals surface area contributed by atoms with Gasteiger partial charge in [0.05, 0.1) is 10.5 Å². The van der Waals surface area contributed by atoms with E-state index in [4.69, 9.17) is 0 Å². The first-order valence-electron chi connectivity index (χ1n) is 6.50. The molecule has 0 bridgehead atoms. The molecule has 22 heavy (non-hydrogen) atoms. The molecule has 0 radical (unpaired) electrons. The van der Waals surface area contributed by atoms with Crippen LogP contribution >= 0.6 is 11.8 Å². The number of non-ortho nitro benzene ring substituents is 1. The zero-order valence-electron chi connectivity index (χ0n) is 12.2. The molecule has 0 N–H and O–H groups in total. The van der Waals surface area contributed by atoms with Gasteiger partial charge in [-0.3, -0.25) is 14.9 Å². The van der Waals surface area contributed by atoms with E-state index in [0.717, 1.165) is 0 Å². The highest BCUT2D eigenvalue weighted by molar-refractivity contribution is 7.98. The van der Waals surface area contributed by atoms with Crippen molar-refractivity contribution < 1.29 is 9.72 Å². The molecule has 0 saturated carbocycles. The Labute approximate surface area is 132 Å². The van der Waals surface area contributed by atoms with E-state index in [9.17, 15) is 14.9 Å². The third-order valence-electron chi connectivity index (χ3n) is 3.08. The summed E-state index contributed by atoms with van der Waals surface area (Å²) in [6.45, 7) is 0.295. The van der Waals surface area contributed by atoms with E-state index in [1.54, 1.807) is 37.5 Å². The molecule has 2 aromatic rings. The van der Waals surface area contributed by atoms with Crippen LogP contribution in [0.1, 0.15) is 15.9 Å². The molecular weight excluding hydrogens is 302 g/mol. The first kappa shape index (κ1) is 16.0. The minimum Gasteiger partial charge on any atom is -0.337 e. The van der Waals surface area contributed by atoms with Crippen molar-refractivity contribution in [2.24, 2.45) is 0 Å². The quantitative estimate of drug-likeness (QED) is 0.481. The summed E-state index contributed by atoms with van der Waals surface area (Å²) in [5.41, 5.74) is 1.26. The van der Waals surface area contributed by atoms with Gasteiger partial charge in [-0.15, -0.1) is 11.8 Å². The molecule has 1 heterocycles. The predicted molar refractivity (Wildman–Crippen MR) is 84.9 cm³/mol. The molecule has 0 aliphatic rings. The second-order valence-electron chi connectivity index (χ2n) is 4.65. The predicted octanol–water partition coefficient (Wildman–Crippen LogP) is 2.98. The van der Waals surface area contributed by atoms with Gasteiger partial charge in [-0.1, -0.05) is 12.1 Å². The Morgan fingerprint density at radius 1 is 1.36 bits per heavy atom. The molecule has 2 rings (SSSR count). The Hall–Kier alpha value is -2.41. The fourth-order valence-electron chi connectivity index (χ4n) is 2.04. The standard InChI is InChI=1S/C15H15N3O3S/c1-17(10-11-5-3-6-12(9-11)18(20)21)15(19)13-7-4-8-16-14(13)22-2/h3-9H,10H2,1-2H3. The Balaban J connectivity index is 2.18. The second kappa shape index (κ2) is 7.04. The molecule has 6 nitrogen and oxygen atoms in total. The molecule has 0 unspecified atom stereocenters. The summed E-state index contributed by atoms with van der Waals surface area (Å²) < 4.78 is 0. The van der Waals surface area contributed by atoms with Gasteiger partial charge in [0.25, 0.3) is 11.6 Å². The van der Waals surface area contributed by atoms with Crippen LogP contribution in [0.5, 0.6) is 0 Å². The lowest BCUT2D eigenvalue weighted by molar-refractivity contribution is -0.384. The highest BCUT2D eigenvalue weighted by Crippen LogP contribution is 2.20. The Bertz CT molecular complexity index is 706. The zero-order chi connectivity index (χ0) is 16.1. The van der Waals surface area contributed by atoms with Crippen molar-refractivity contribution >= 4 is 23.4 Å². The lowest BCUT2D eigenvalue weighted by atomic mass is 10.2. The van der Waals surface area contributed by atoms with Crippen molar-refractivity contribution in [1.29, 1.82) is 0 Å². The number of amides is 1. The van der Waals surface area contributed by atoms with Gasteiger partial charge in [0.15, 0.2) is 0 Å². The molecule has 1 aromatic carbocycles.